The number of benzene rings is 5. The van der Waals surface area contributed by atoms with Crippen LogP contribution in [0.2, 0.25) is 0 Å². The van der Waals surface area contributed by atoms with Crippen molar-refractivity contribution in [2.24, 2.45) is 23.7 Å². The summed E-state index contributed by atoms with van der Waals surface area (Å²) in [6, 6.07) is 39.2. The van der Waals surface area contributed by atoms with Gasteiger partial charge in [0.25, 0.3) is 0 Å². The second kappa shape index (κ2) is 13.9. The summed E-state index contributed by atoms with van der Waals surface area (Å²) in [5, 5.41) is 19.9. The zero-order valence-electron chi connectivity index (χ0n) is 29.4. The van der Waals surface area contributed by atoms with Crippen molar-refractivity contribution in [3.8, 4) is 35.3 Å². The van der Waals surface area contributed by atoms with Crippen LogP contribution in [0.15, 0.2) is 115 Å². The van der Waals surface area contributed by atoms with Gasteiger partial charge in [0.1, 0.15) is 35.2 Å². The minimum absolute atomic E-state index is 0.0380. The number of rotatable bonds is 4. The molecule has 51 heavy (non-hydrogen) atoms. The van der Waals surface area contributed by atoms with Gasteiger partial charge >= 0.3 is 0 Å². The Balaban J connectivity index is 0.000000150. The Morgan fingerprint density at radius 1 is 0.608 bits per heavy atom. The molecule has 0 spiro atoms. The lowest BCUT2D eigenvalue weighted by atomic mass is 9.80. The van der Waals surface area contributed by atoms with E-state index in [9.17, 15) is 10.2 Å². The van der Waals surface area contributed by atoms with Crippen molar-refractivity contribution in [2.45, 2.75) is 70.0 Å². The SMILES string of the molecule is C#CC1C[C@H]2[C@@H](C1)c1cc(O)ccc1O[C@H]2c1ccc(C)cc1.Cc1ccc([C@@H]2Oc3ccc(O)cc3[C@@H]3C[C@H](Cc4ccccc4)C[C@@H]32)cc1. The van der Waals surface area contributed by atoms with Gasteiger partial charge in [-0.15, -0.1) is 12.3 Å². The number of phenols is 2. The summed E-state index contributed by atoms with van der Waals surface area (Å²) in [4.78, 5) is 0. The molecule has 0 amide bonds. The first-order valence-corrected chi connectivity index (χ1v) is 18.4. The van der Waals surface area contributed by atoms with Crippen LogP contribution in [-0.4, -0.2) is 10.2 Å². The highest BCUT2D eigenvalue weighted by molar-refractivity contribution is 5.47. The monoisotopic (exact) mass is 674 g/mol. The van der Waals surface area contributed by atoms with Crippen LogP contribution in [0.25, 0.3) is 0 Å². The molecule has 2 aliphatic carbocycles. The first-order valence-electron chi connectivity index (χ1n) is 18.4. The lowest BCUT2D eigenvalue weighted by molar-refractivity contribution is 0.103. The molecule has 5 aromatic carbocycles. The number of terminal acetylenes is 1. The Kier molecular flexibility index (Phi) is 8.99. The number of aromatic hydroxyl groups is 2. The zero-order chi connectivity index (χ0) is 35.1. The molecule has 0 radical (unpaired) electrons. The highest BCUT2D eigenvalue weighted by atomic mass is 16.5. The van der Waals surface area contributed by atoms with Crippen molar-refractivity contribution in [3.63, 3.8) is 0 Å². The van der Waals surface area contributed by atoms with E-state index in [1.165, 1.54) is 33.4 Å². The van der Waals surface area contributed by atoms with E-state index in [2.05, 4.69) is 98.6 Å². The molecule has 1 unspecified atom stereocenters. The molecule has 4 heteroatoms. The minimum Gasteiger partial charge on any atom is -0.508 e. The van der Waals surface area contributed by atoms with Gasteiger partial charge in [-0.1, -0.05) is 90.0 Å². The van der Waals surface area contributed by atoms with E-state index in [1.807, 2.05) is 24.3 Å². The molecule has 8 atom stereocenters. The fourth-order valence-corrected chi connectivity index (χ4v) is 9.34. The quantitative estimate of drug-likeness (QED) is 0.186. The van der Waals surface area contributed by atoms with Crippen molar-refractivity contribution in [1.82, 2.24) is 0 Å². The summed E-state index contributed by atoms with van der Waals surface area (Å²) in [7, 11) is 0. The molecule has 2 saturated carbocycles. The Labute approximate surface area is 302 Å². The predicted molar refractivity (Wildman–Crippen MR) is 202 cm³/mol. The molecule has 0 aromatic heterocycles. The first kappa shape index (κ1) is 33.0. The van der Waals surface area contributed by atoms with Crippen LogP contribution in [0.4, 0.5) is 0 Å². The molecule has 258 valence electrons. The number of ether oxygens (including phenoxy) is 2. The highest BCUT2D eigenvalue weighted by Gasteiger charge is 2.46. The molecule has 2 heterocycles. The molecule has 2 aliphatic heterocycles. The minimum atomic E-state index is 0.0380. The summed E-state index contributed by atoms with van der Waals surface area (Å²) in [5.74, 6) is 7.92. The van der Waals surface area contributed by atoms with Crippen molar-refractivity contribution in [3.05, 3.63) is 154 Å². The molecule has 9 rings (SSSR count). The molecule has 4 nitrogen and oxygen atoms in total. The maximum Gasteiger partial charge on any atom is 0.127 e. The Bertz CT molecular complexity index is 2030. The smallest absolute Gasteiger partial charge is 0.127 e. The van der Waals surface area contributed by atoms with Crippen molar-refractivity contribution in [2.75, 3.05) is 0 Å². The molecule has 2 N–H and O–H groups in total. The third-order valence-corrected chi connectivity index (χ3v) is 11.8. The number of fused-ring (bicyclic) bond motifs is 6. The largest absolute Gasteiger partial charge is 0.508 e. The normalized spacial score (nSPS) is 26.8. The van der Waals surface area contributed by atoms with Crippen LogP contribution in [0.5, 0.6) is 23.0 Å². The Morgan fingerprint density at radius 2 is 1.12 bits per heavy atom. The van der Waals surface area contributed by atoms with Gasteiger partial charge in [-0.05, 0) is 117 Å². The molecule has 4 aliphatic rings. The summed E-state index contributed by atoms with van der Waals surface area (Å²) < 4.78 is 12.9. The fourth-order valence-electron chi connectivity index (χ4n) is 9.34. The summed E-state index contributed by atoms with van der Waals surface area (Å²) in [5.41, 5.74) is 8.70. The van der Waals surface area contributed by atoms with Crippen LogP contribution in [-0.2, 0) is 6.42 Å². The average molecular weight is 675 g/mol. The number of hydrogen-bond acceptors (Lipinski definition) is 4. The topological polar surface area (TPSA) is 58.9 Å². The summed E-state index contributed by atoms with van der Waals surface area (Å²) in [6.45, 7) is 4.22. The van der Waals surface area contributed by atoms with Crippen molar-refractivity contribution in [1.29, 1.82) is 0 Å². The number of phenolic OH excluding ortho intramolecular Hbond substituents is 2. The fraction of sp³-hybridized carbons (Fsp3) is 0.319. The first-order chi connectivity index (χ1) is 24.8. The molecular weight excluding hydrogens is 629 g/mol. The van der Waals surface area contributed by atoms with Gasteiger partial charge in [-0.2, -0.15) is 0 Å². The van der Waals surface area contributed by atoms with Crippen LogP contribution < -0.4 is 9.47 Å². The molecular formula is C47H46O4. The van der Waals surface area contributed by atoms with Crippen LogP contribution >= 0.6 is 0 Å². The van der Waals surface area contributed by atoms with Gasteiger partial charge in [0.2, 0.25) is 0 Å². The van der Waals surface area contributed by atoms with E-state index in [-0.39, 0.29) is 18.1 Å². The highest BCUT2D eigenvalue weighted by Crippen LogP contribution is 2.57. The van der Waals surface area contributed by atoms with Gasteiger partial charge < -0.3 is 19.7 Å². The van der Waals surface area contributed by atoms with E-state index >= 15 is 0 Å². The maximum absolute atomic E-state index is 10.1. The lowest BCUT2D eigenvalue weighted by Gasteiger charge is -2.36. The van der Waals surface area contributed by atoms with E-state index in [0.29, 0.717) is 41.1 Å². The van der Waals surface area contributed by atoms with Gasteiger partial charge in [-0.3, -0.25) is 0 Å². The molecule has 5 aromatic rings. The zero-order valence-corrected chi connectivity index (χ0v) is 29.4. The summed E-state index contributed by atoms with van der Waals surface area (Å²) >= 11 is 0. The Morgan fingerprint density at radius 3 is 1.65 bits per heavy atom. The van der Waals surface area contributed by atoms with Gasteiger partial charge in [0.15, 0.2) is 0 Å². The average Bonchev–Trinajstić information content (AvgIpc) is 3.78. The van der Waals surface area contributed by atoms with Gasteiger partial charge in [0, 0.05) is 28.9 Å². The van der Waals surface area contributed by atoms with E-state index < -0.39 is 0 Å². The van der Waals surface area contributed by atoms with E-state index in [1.54, 1.807) is 12.1 Å². The van der Waals surface area contributed by atoms with Gasteiger partial charge in [0.05, 0.1) is 0 Å². The summed E-state index contributed by atoms with van der Waals surface area (Å²) in [6.07, 6.45) is 11.2. The van der Waals surface area contributed by atoms with Crippen molar-refractivity contribution < 1.29 is 19.7 Å². The molecule has 0 bridgehead atoms. The molecule has 2 fully saturated rings. The second-order valence-electron chi connectivity index (χ2n) is 15.2. The number of aryl methyl sites for hydroxylation is 2. The predicted octanol–water partition coefficient (Wildman–Crippen LogP) is 10.8. The van der Waals surface area contributed by atoms with E-state index in [4.69, 9.17) is 15.9 Å². The van der Waals surface area contributed by atoms with Crippen LogP contribution in [0, 0.1) is 49.9 Å². The van der Waals surface area contributed by atoms with Crippen LogP contribution in [0.3, 0.4) is 0 Å². The van der Waals surface area contributed by atoms with Crippen LogP contribution in [0.1, 0.15) is 88.7 Å². The standard InChI is InChI=1S/C26H26O2.C21H20O2/c1-17-7-9-20(10-8-17)26-24-15-19(13-18-5-3-2-4-6-18)14-22(24)23-16-21(27)11-12-25(23)28-26;1-3-14-10-17-18-12-16(22)8-9-20(18)23-21(19(17)11-14)15-6-4-13(2)5-7-15/h2-12,16,19,22,24,26-27H,13-15H2,1H3;1,4-9,12,14,17,19,21-22H,10-11H2,2H3/t19-,22-,24-,26-;14?,17-,19-,21-/m00/s1. The third-order valence-electron chi connectivity index (χ3n) is 11.8. The lowest BCUT2D eigenvalue weighted by Crippen LogP contribution is -2.26. The van der Waals surface area contributed by atoms with Crippen molar-refractivity contribution >= 4 is 0 Å². The Hall–Kier alpha value is -5.14. The number of hydrogen-bond donors (Lipinski definition) is 2. The van der Waals surface area contributed by atoms with Gasteiger partial charge in [-0.25, -0.2) is 0 Å². The van der Waals surface area contributed by atoms with E-state index in [0.717, 1.165) is 49.2 Å². The maximum atomic E-state index is 10.1. The third kappa shape index (κ3) is 6.71. The second-order valence-corrected chi connectivity index (χ2v) is 15.2. The molecule has 0 saturated heterocycles.